The van der Waals surface area contributed by atoms with Crippen LogP contribution in [0.2, 0.25) is 0 Å². The zero-order chi connectivity index (χ0) is 18.4. The van der Waals surface area contributed by atoms with Gasteiger partial charge in [-0.15, -0.1) is 0 Å². The first kappa shape index (κ1) is 20.2. The number of oxime groups is 1. The Morgan fingerprint density at radius 2 is 2.00 bits per heavy atom. The highest BCUT2D eigenvalue weighted by Gasteiger charge is 2.51. The zero-order valence-corrected chi connectivity index (χ0v) is 15.4. The monoisotopic (exact) mass is 355 g/mol. The largest absolute Gasteiger partial charge is 0.479 e. The molecule has 5 atom stereocenters. The van der Waals surface area contributed by atoms with Crippen LogP contribution in [0.3, 0.4) is 0 Å². The topological polar surface area (TPSA) is 99.4 Å². The number of carboxylic acid groups (broad SMARTS) is 1. The second-order valence-electron chi connectivity index (χ2n) is 7.70. The Morgan fingerprint density at radius 1 is 1.28 bits per heavy atom. The van der Waals surface area contributed by atoms with Crippen molar-refractivity contribution in [3.63, 3.8) is 0 Å². The van der Waals surface area contributed by atoms with Crippen molar-refractivity contribution in [2.45, 2.75) is 77.4 Å². The molecule has 0 aromatic heterocycles. The summed E-state index contributed by atoms with van der Waals surface area (Å²) in [5.41, 5.74) is 0.877. The predicted molar refractivity (Wildman–Crippen MR) is 95.3 cm³/mol. The number of fused-ring (bicyclic) bond motifs is 1. The predicted octanol–water partition coefficient (Wildman–Crippen LogP) is 2.82. The van der Waals surface area contributed by atoms with Gasteiger partial charge in [0.15, 0.2) is 0 Å². The highest BCUT2D eigenvalue weighted by molar-refractivity contribution is 5.93. The van der Waals surface area contributed by atoms with E-state index in [1.807, 2.05) is 0 Å². The molecule has 6 heteroatoms. The van der Waals surface area contributed by atoms with Crippen molar-refractivity contribution in [3.05, 3.63) is 0 Å². The van der Waals surface area contributed by atoms with Crippen LogP contribution in [0, 0.1) is 23.7 Å². The minimum Gasteiger partial charge on any atom is -0.479 e. The summed E-state index contributed by atoms with van der Waals surface area (Å²) in [7, 11) is 0. The van der Waals surface area contributed by atoms with E-state index in [0.29, 0.717) is 12.3 Å². The van der Waals surface area contributed by atoms with Crippen LogP contribution in [0.5, 0.6) is 0 Å². The molecule has 0 amide bonds. The molecule has 25 heavy (non-hydrogen) atoms. The molecule has 0 radical (unpaired) electrons. The van der Waals surface area contributed by atoms with Gasteiger partial charge in [0.25, 0.3) is 0 Å². The molecule has 0 spiro atoms. The number of carbonyl (C=O) groups is 1. The maximum atomic E-state index is 10.4. The molecule has 2 aliphatic carbocycles. The van der Waals surface area contributed by atoms with E-state index in [0.717, 1.165) is 37.8 Å². The van der Waals surface area contributed by atoms with Crippen LogP contribution in [-0.2, 0) is 9.63 Å². The maximum absolute atomic E-state index is 10.4. The van der Waals surface area contributed by atoms with Crippen LogP contribution in [0.25, 0.3) is 0 Å². The van der Waals surface area contributed by atoms with Crippen molar-refractivity contribution >= 4 is 11.7 Å². The van der Waals surface area contributed by atoms with E-state index >= 15 is 0 Å². The molecule has 2 rings (SSSR count). The number of aliphatic hydroxyl groups excluding tert-OH is 2. The molecule has 0 saturated heterocycles. The molecule has 144 valence electrons. The second kappa shape index (κ2) is 9.53. The van der Waals surface area contributed by atoms with E-state index in [4.69, 9.17) is 9.94 Å². The lowest BCUT2D eigenvalue weighted by Crippen LogP contribution is -2.38. The quantitative estimate of drug-likeness (QED) is 0.495. The molecule has 0 aliphatic heterocycles. The second-order valence-corrected chi connectivity index (χ2v) is 7.70. The molecule has 0 aromatic carbocycles. The van der Waals surface area contributed by atoms with Gasteiger partial charge >= 0.3 is 5.97 Å². The summed E-state index contributed by atoms with van der Waals surface area (Å²) >= 11 is 0. The smallest absolute Gasteiger partial charge is 0.344 e. The number of rotatable bonds is 11. The number of aliphatic carboxylic acids is 1. The molecule has 5 unspecified atom stereocenters. The first-order valence-corrected chi connectivity index (χ1v) is 9.72. The molecular weight excluding hydrogens is 322 g/mol. The SMILES string of the molecule is CCC(CC)CCC(O)CCC1CC2/C(=N\OCC(=O)O)CC2C1O. The van der Waals surface area contributed by atoms with Crippen molar-refractivity contribution in [1.82, 2.24) is 0 Å². The molecular formula is C19H33NO5. The highest BCUT2D eigenvalue weighted by Crippen LogP contribution is 2.49. The summed E-state index contributed by atoms with van der Waals surface area (Å²) < 4.78 is 0. The van der Waals surface area contributed by atoms with Gasteiger partial charge < -0.3 is 20.2 Å². The summed E-state index contributed by atoms with van der Waals surface area (Å²) in [4.78, 5) is 15.3. The minimum atomic E-state index is -1.04. The van der Waals surface area contributed by atoms with Gasteiger partial charge in [-0.2, -0.15) is 0 Å². The van der Waals surface area contributed by atoms with E-state index in [9.17, 15) is 15.0 Å². The molecule has 0 bridgehead atoms. The molecule has 3 N–H and O–H groups in total. The van der Waals surface area contributed by atoms with Gasteiger partial charge in [0.05, 0.1) is 17.9 Å². The van der Waals surface area contributed by atoms with E-state index in [-0.39, 0.29) is 30.0 Å². The van der Waals surface area contributed by atoms with E-state index in [1.165, 1.54) is 12.8 Å². The number of hydrogen-bond donors (Lipinski definition) is 3. The Morgan fingerprint density at radius 3 is 2.64 bits per heavy atom. The van der Waals surface area contributed by atoms with Crippen molar-refractivity contribution in [2.24, 2.45) is 28.8 Å². The number of carboxylic acids is 1. The maximum Gasteiger partial charge on any atom is 0.344 e. The molecule has 0 heterocycles. The van der Waals surface area contributed by atoms with Crippen molar-refractivity contribution in [3.8, 4) is 0 Å². The molecule has 2 fully saturated rings. The summed E-state index contributed by atoms with van der Waals surface area (Å²) in [6, 6.07) is 0. The zero-order valence-electron chi connectivity index (χ0n) is 15.4. The first-order chi connectivity index (χ1) is 12.0. The van der Waals surface area contributed by atoms with Gasteiger partial charge in [-0.05, 0) is 56.3 Å². The lowest BCUT2D eigenvalue weighted by atomic mass is 9.73. The summed E-state index contributed by atoms with van der Waals surface area (Å²) in [5, 5.41) is 33.1. The van der Waals surface area contributed by atoms with Crippen LogP contribution in [0.15, 0.2) is 5.16 Å². The summed E-state index contributed by atoms with van der Waals surface area (Å²) in [5.74, 6) is 0.304. The third kappa shape index (κ3) is 5.42. The average Bonchev–Trinajstić information content (AvgIpc) is 2.81. The van der Waals surface area contributed by atoms with Crippen molar-refractivity contribution in [1.29, 1.82) is 0 Å². The molecule has 2 saturated carbocycles. The third-order valence-corrected chi connectivity index (χ3v) is 6.17. The van der Waals surface area contributed by atoms with Crippen molar-refractivity contribution < 1.29 is 25.0 Å². The third-order valence-electron chi connectivity index (χ3n) is 6.17. The Kier molecular flexibility index (Phi) is 7.69. The van der Waals surface area contributed by atoms with Crippen molar-refractivity contribution in [2.75, 3.05) is 6.61 Å². The minimum absolute atomic E-state index is 0.199. The van der Waals surface area contributed by atoms with Crippen LogP contribution in [-0.4, -0.2) is 45.8 Å². The summed E-state index contributed by atoms with van der Waals surface area (Å²) in [6.07, 6.45) is 6.76. The Labute approximate surface area is 150 Å². The fourth-order valence-electron chi connectivity index (χ4n) is 4.35. The molecule has 0 aromatic rings. The van der Waals surface area contributed by atoms with Gasteiger partial charge in [0.1, 0.15) is 0 Å². The first-order valence-electron chi connectivity index (χ1n) is 9.72. The van der Waals surface area contributed by atoms with Crippen LogP contribution in [0.1, 0.15) is 65.2 Å². The van der Waals surface area contributed by atoms with Gasteiger partial charge in [-0.1, -0.05) is 31.8 Å². The van der Waals surface area contributed by atoms with Crippen LogP contribution >= 0.6 is 0 Å². The van der Waals surface area contributed by atoms with Gasteiger partial charge in [0.2, 0.25) is 6.61 Å². The molecule has 6 nitrogen and oxygen atoms in total. The van der Waals surface area contributed by atoms with E-state index in [1.54, 1.807) is 0 Å². The number of nitrogens with zero attached hydrogens (tertiary/aromatic N) is 1. The normalized spacial score (nSPS) is 31.0. The Hall–Kier alpha value is -1.14. The van der Waals surface area contributed by atoms with E-state index in [2.05, 4.69) is 19.0 Å². The highest BCUT2D eigenvalue weighted by atomic mass is 16.6. The number of aliphatic hydroxyl groups is 2. The van der Waals surface area contributed by atoms with Gasteiger partial charge in [-0.3, -0.25) is 0 Å². The Bertz CT molecular complexity index is 463. The van der Waals surface area contributed by atoms with Crippen LogP contribution < -0.4 is 0 Å². The average molecular weight is 355 g/mol. The van der Waals surface area contributed by atoms with Gasteiger partial charge in [0, 0.05) is 5.92 Å². The fourth-order valence-corrected chi connectivity index (χ4v) is 4.35. The molecule has 2 aliphatic rings. The van der Waals surface area contributed by atoms with Gasteiger partial charge in [-0.25, -0.2) is 4.79 Å². The van der Waals surface area contributed by atoms with E-state index < -0.39 is 12.6 Å². The Balaban J connectivity index is 1.71. The fraction of sp³-hybridized carbons (Fsp3) is 0.895. The number of hydrogen-bond acceptors (Lipinski definition) is 5. The standard InChI is InChI=1S/C19H33NO5/c1-3-12(4-2)5-7-14(21)8-6-13-9-15-16(19(13)24)10-17(15)20-25-11-18(22)23/h12-16,19,21,24H,3-11H2,1-2H3,(H,22,23)/b20-17-. The van der Waals surface area contributed by atoms with Crippen LogP contribution in [0.4, 0.5) is 0 Å². The lowest BCUT2D eigenvalue weighted by Gasteiger charge is -2.33. The lowest BCUT2D eigenvalue weighted by molar-refractivity contribution is -0.142. The summed E-state index contributed by atoms with van der Waals surface area (Å²) in [6.45, 7) is 3.98.